The molecular formula is C74H141NO8. The molecule has 1 aliphatic rings. The smallest absolute Gasteiger partial charge is 0.220 e. The quantitative estimate of drug-likeness (QED) is 0.0261. The van der Waals surface area contributed by atoms with Crippen molar-refractivity contribution in [3.63, 3.8) is 0 Å². The Labute approximate surface area is 514 Å². The van der Waals surface area contributed by atoms with Gasteiger partial charge in [0.15, 0.2) is 6.29 Å². The van der Waals surface area contributed by atoms with Crippen LogP contribution in [0.3, 0.4) is 0 Å². The number of unbranched alkanes of at least 4 members (excludes halogenated alkanes) is 51. The molecule has 7 unspecified atom stereocenters. The first kappa shape index (κ1) is 79.4. The lowest BCUT2D eigenvalue weighted by Crippen LogP contribution is -2.60. The zero-order valence-electron chi connectivity index (χ0n) is 55.0. The van der Waals surface area contributed by atoms with Gasteiger partial charge in [0, 0.05) is 6.42 Å². The van der Waals surface area contributed by atoms with Crippen LogP contribution in [0.25, 0.3) is 0 Å². The molecule has 1 amide bonds. The molecule has 0 spiro atoms. The van der Waals surface area contributed by atoms with Crippen molar-refractivity contribution in [1.82, 2.24) is 5.32 Å². The van der Waals surface area contributed by atoms with Gasteiger partial charge in [0.1, 0.15) is 24.4 Å². The fourth-order valence-electron chi connectivity index (χ4n) is 12.0. The second-order valence-electron chi connectivity index (χ2n) is 25.7. The number of aliphatic hydroxyl groups is 5. The van der Waals surface area contributed by atoms with Crippen LogP contribution in [0, 0.1) is 0 Å². The summed E-state index contributed by atoms with van der Waals surface area (Å²) >= 11 is 0. The van der Waals surface area contributed by atoms with Crippen LogP contribution in [-0.4, -0.2) is 87.5 Å². The van der Waals surface area contributed by atoms with E-state index in [4.69, 9.17) is 9.47 Å². The SMILES string of the molecule is CCCCCCCCCCCCCCC/C=C\C/C=C\CCCCCCCCCCCCCCCCCCCC(=O)NC(COC1OC(CO)C(O)C(O)C1O)C(O)/C=C/CCCCCCCCCCCCCCCCCCCCCCC. The maximum absolute atomic E-state index is 13.1. The summed E-state index contributed by atoms with van der Waals surface area (Å²) in [6.07, 6.45) is 78.4. The first-order chi connectivity index (χ1) is 40.8. The first-order valence-electron chi connectivity index (χ1n) is 36.7. The molecule has 9 heteroatoms. The maximum atomic E-state index is 13.1. The Balaban J connectivity index is 2.08. The second-order valence-corrected chi connectivity index (χ2v) is 25.7. The third-order valence-corrected chi connectivity index (χ3v) is 17.7. The fourth-order valence-corrected chi connectivity index (χ4v) is 12.0. The summed E-state index contributed by atoms with van der Waals surface area (Å²) in [5.41, 5.74) is 0. The molecule has 0 saturated carbocycles. The Morgan fingerprint density at radius 3 is 1.04 bits per heavy atom. The van der Waals surface area contributed by atoms with Crippen molar-refractivity contribution < 1.29 is 39.8 Å². The molecule has 1 saturated heterocycles. The van der Waals surface area contributed by atoms with Crippen LogP contribution >= 0.6 is 0 Å². The Bertz CT molecular complexity index is 1410. The maximum Gasteiger partial charge on any atom is 0.220 e. The average molecular weight is 1170 g/mol. The van der Waals surface area contributed by atoms with E-state index in [1.165, 1.54) is 308 Å². The minimum Gasteiger partial charge on any atom is -0.394 e. The summed E-state index contributed by atoms with van der Waals surface area (Å²) in [5.74, 6) is -0.170. The summed E-state index contributed by atoms with van der Waals surface area (Å²) in [5, 5.41) is 54.8. The standard InChI is InChI=1S/C74H141NO8/c1-3-5-7-9-11-13-15-17-19-21-23-25-27-28-29-30-31-32-33-34-35-36-37-38-39-40-42-44-46-48-50-52-54-56-58-60-62-64-70(78)75-67(66-82-74-73(81)72(80)71(79)69(65-76)83-74)68(77)63-61-59-57-55-53-51-49-47-45-43-41-26-24-22-20-18-16-14-12-10-8-6-4-2/h29-30,32-33,61,63,67-69,71-74,76-77,79-81H,3-28,31,34-60,62,64-66H2,1-2H3,(H,75,78)/b30-29-,33-32-,63-61+. The molecule has 9 nitrogen and oxygen atoms in total. The predicted molar refractivity (Wildman–Crippen MR) is 355 cm³/mol. The van der Waals surface area contributed by atoms with Gasteiger partial charge in [-0.25, -0.2) is 0 Å². The first-order valence-corrected chi connectivity index (χ1v) is 36.7. The molecule has 6 N–H and O–H groups in total. The molecule has 0 bridgehead atoms. The predicted octanol–water partition coefficient (Wildman–Crippen LogP) is 20.2. The molecule has 0 aliphatic carbocycles. The van der Waals surface area contributed by atoms with E-state index >= 15 is 0 Å². The molecule has 0 aromatic rings. The van der Waals surface area contributed by atoms with Crippen molar-refractivity contribution in [2.45, 2.75) is 416 Å². The lowest BCUT2D eigenvalue weighted by atomic mass is 9.99. The van der Waals surface area contributed by atoms with E-state index in [-0.39, 0.29) is 12.5 Å². The van der Waals surface area contributed by atoms with E-state index < -0.39 is 49.5 Å². The lowest BCUT2D eigenvalue weighted by Gasteiger charge is -2.40. The Morgan fingerprint density at radius 1 is 0.410 bits per heavy atom. The average Bonchev–Trinajstić information content (AvgIpc) is 3.60. The topological polar surface area (TPSA) is 149 Å². The zero-order valence-corrected chi connectivity index (χ0v) is 55.0. The molecule has 83 heavy (non-hydrogen) atoms. The number of rotatable bonds is 65. The summed E-state index contributed by atoms with van der Waals surface area (Å²) in [6, 6.07) is -0.805. The lowest BCUT2D eigenvalue weighted by molar-refractivity contribution is -0.302. The highest BCUT2D eigenvalue weighted by molar-refractivity contribution is 5.76. The monoisotopic (exact) mass is 1170 g/mol. The molecule has 7 atom stereocenters. The molecule has 1 heterocycles. The van der Waals surface area contributed by atoms with Gasteiger partial charge in [-0.3, -0.25) is 4.79 Å². The minimum atomic E-state index is -1.57. The highest BCUT2D eigenvalue weighted by atomic mass is 16.7. The zero-order chi connectivity index (χ0) is 60.0. The highest BCUT2D eigenvalue weighted by Crippen LogP contribution is 2.24. The van der Waals surface area contributed by atoms with E-state index in [1.54, 1.807) is 6.08 Å². The molecule has 0 radical (unpaired) electrons. The van der Waals surface area contributed by atoms with Crippen molar-refractivity contribution in [3.8, 4) is 0 Å². The van der Waals surface area contributed by atoms with Crippen LogP contribution in [0.15, 0.2) is 36.5 Å². The summed E-state index contributed by atoms with van der Waals surface area (Å²) in [7, 11) is 0. The van der Waals surface area contributed by atoms with Gasteiger partial charge in [-0.2, -0.15) is 0 Å². The Morgan fingerprint density at radius 2 is 0.711 bits per heavy atom. The van der Waals surface area contributed by atoms with Gasteiger partial charge in [0.2, 0.25) is 5.91 Å². The van der Waals surface area contributed by atoms with E-state index in [0.717, 1.165) is 44.9 Å². The number of hydrogen-bond donors (Lipinski definition) is 6. The number of carbonyl (C=O) groups is 1. The van der Waals surface area contributed by atoms with Crippen LogP contribution in [0.1, 0.15) is 373 Å². The number of aliphatic hydroxyl groups excluding tert-OH is 5. The van der Waals surface area contributed by atoms with Gasteiger partial charge in [-0.05, 0) is 51.4 Å². The van der Waals surface area contributed by atoms with Gasteiger partial charge in [-0.15, -0.1) is 0 Å². The second kappa shape index (κ2) is 63.4. The van der Waals surface area contributed by atoms with E-state index in [2.05, 4.69) is 43.5 Å². The van der Waals surface area contributed by atoms with Crippen LogP contribution in [-0.2, 0) is 14.3 Å². The minimum absolute atomic E-state index is 0.170. The van der Waals surface area contributed by atoms with Gasteiger partial charge in [0.25, 0.3) is 0 Å². The van der Waals surface area contributed by atoms with Crippen LogP contribution in [0.2, 0.25) is 0 Å². The number of carbonyl (C=O) groups excluding carboxylic acids is 1. The van der Waals surface area contributed by atoms with E-state index in [1.807, 2.05) is 6.08 Å². The number of amides is 1. The van der Waals surface area contributed by atoms with Crippen molar-refractivity contribution in [1.29, 1.82) is 0 Å². The fraction of sp³-hybridized carbons (Fsp3) is 0.905. The van der Waals surface area contributed by atoms with Gasteiger partial charge >= 0.3 is 0 Å². The molecule has 490 valence electrons. The normalized spacial score (nSPS) is 18.4. The van der Waals surface area contributed by atoms with Crippen LogP contribution < -0.4 is 5.32 Å². The van der Waals surface area contributed by atoms with Crippen LogP contribution in [0.4, 0.5) is 0 Å². The number of nitrogens with one attached hydrogen (secondary N) is 1. The van der Waals surface area contributed by atoms with Gasteiger partial charge in [-0.1, -0.05) is 352 Å². The van der Waals surface area contributed by atoms with Gasteiger partial charge < -0.3 is 40.3 Å². The Kier molecular flexibility index (Phi) is 60.7. The van der Waals surface area contributed by atoms with Gasteiger partial charge in [0.05, 0.1) is 25.4 Å². The summed E-state index contributed by atoms with van der Waals surface area (Å²) < 4.78 is 11.3. The third kappa shape index (κ3) is 52.1. The van der Waals surface area contributed by atoms with E-state index in [9.17, 15) is 30.3 Å². The Hall–Kier alpha value is -1.59. The van der Waals surface area contributed by atoms with E-state index in [0.29, 0.717) is 6.42 Å². The molecule has 1 rings (SSSR count). The van der Waals surface area contributed by atoms with Crippen molar-refractivity contribution in [3.05, 3.63) is 36.5 Å². The molecule has 1 fully saturated rings. The summed E-state index contributed by atoms with van der Waals surface area (Å²) in [4.78, 5) is 13.1. The van der Waals surface area contributed by atoms with Crippen LogP contribution in [0.5, 0.6) is 0 Å². The molecule has 1 aliphatic heterocycles. The van der Waals surface area contributed by atoms with Crippen molar-refractivity contribution in [2.75, 3.05) is 13.2 Å². The summed E-state index contributed by atoms with van der Waals surface area (Å²) in [6.45, 7) is 3.84. The van der Waals surface area contributed by atoms with Crippen molar-refractivity contribution >= 4 is 5.91 Å². The number of ether oxygens (including phenoxy) is 2. The highest BCUT2D eigenvalue weighted by Gasteiger charge is 2.44. The molecule has 0 aromatic heterocycles. The number of allylic oxidation sites excluding steroid dienone is 5. The molecular weight excluding hydrogens is 1030 g/mol. The third-order valence-electron chi connectivity index (χ3n) is 17.7. The number of hydrogen-bond acceptors (Lipinski definition) is 8. The molecule has 0 aromatic carbocycles. The largest absolute Gasteiger partial charge is 0.394 e. The van der Waals surface area contributed by atoms with Crippen molar-refractivity contribution in [2.24, 2.45) is 0 Å².